The van der Waals surface area contributed by atoms with Crippen LogP contribution in [-0.4, -0.2) is 79.2 Å². The van der Waals surface area contributed by atoms with E-state index in [1.165, 1.54) is 19.4 Å². The molecule has 206 valence electrons. The molecule has 3 rings (SSSR count). The first-order valence-electron chi connectivity index (χ1n) is 12.5. The number of nitrogens with one attached hydrogen (secondary N) is 1. The van der Waals surface area contributed by atoms with Gasteiger partial charge in [0.25, 0.3) is 5.91 Å². The van der Waals surface area contributed by atoms with Crippen LogP contribution in [0.25, 0.3) is 0 Å². The summed E-state index contributed by atoms with van der Waals surface area (Å²) < 4.78 is 28.1. The first-order chi connectivity index (χ1) is 18.3. The summed E-state index contributed by atoms with van der Waals surface area (Å²) in [4.78, 5) is 42.6. The van der Waals surface area contributed by atoms with Crippen molar-refractivity contribution in [3.63, 3.8) is 0 Å². The van der Waals surface area contributed by atoms with Crippen molar-refractivity contribution < 1.29 is 43.2 Å². The van der Waals surface area contributed by atoms with E-state index in [1.54, 1.807) is 37.3 Å². The first kappa shape index (κ1) is 28.9. The third-order valence-electron chi connectivity index (χ3n) is 5.96. The van der Waals surface area contributed by atoms with Gasteiger partial charge in [0.2, 0.25) is 0 Å². The fourth-order valence-corrected chi connectivity index (χ4v) is 3.86. The summed E-state index contributed by atoms with van der Waals surface area (Å²) in [6.07, 6.45) is 0.972. The van der Waals surface area contributed by atoms with Gasteiger partial charge < -0.3 is 34.1 Å². The molecule has 2 N–H and O–H groups in total. The Morgan fingerprint density at radius 1 is 1.21 bits per heavy atom. The molecule has 2 heterocycles. The maximum absolute atomic E-state index is 13.1. The van der Waals surface area contributed by atoms with Gasteiger partial charge in [-0.2, -0.15) is 0 Å². The summed E-state index contributed by atoms with van der Waals surface area (Å²) in [5, 5.41) is 12.7. The number of cyclic esters (lactones) is 1. The number of rotatable bonds is 9. The Morgan fingerprint density at radius 3 is 2.68 bits per heavy atom. The average Bonchev–Trinajstić information content (AvgIpc) is 2.92. The minimum absolute atomic E-state index is 0.0562. The third-order valence-corrected chi connectivity index (χ3v) is 5.96. The van der Waals surface area contributed by atoms with Crippen LogP contribution < -0.4 is 10.1 Å². The smallest absolute Gasteiger partial charge is 0.338 e. The van der Waals surface area contributed by atoms with Crippen molar-refractivity contribution in [2.45, 2.75) is 57.5 Å². The highest BCUT2D eigenvalue weighted by Gasteiger charge is 2.37. The van der Waals surface area contributed by atoms with Crippen molar-refractivity contribution in [2.75, 3.05) is 26.9 Å². The second-order valence-corrected chi connectivity index (χ2v) is 8.74. The highest BCUT2D eigenvalue weighted by atomic mass is 16.6. The minimum atomic E-state index is -1.21. The van der Waals surface area contributed by atoms with Crippen LogP contribution in [0.2, 0.25) is 0 Å². The molecule has 1 aromatic heterocycles. The summed E-state index contributed by atoms with van der Waals surface area (Å²) in [7, 11) is 1.34. The zero-order valence-electron chi connectivity index (χ0n) is 21.8. The number of amides is 1. The molecule has 1 amide bonds. The predicted molar refractivity (Wildman–Crippen MR) is 135 cm³/mol. The van der Waals surface area contributed by atoms with E-state index >= 15 is 0 Å². The molecule has 1 saturated heterocycles. The zero-order chi connectivity index (χ0) is 27.5. The standard InChI is InChI=1S/C27H34N2O9/c1-4-5-14-36-21-12-15-35-16-19(29-25(31)22-23(30)20(34-3)11-13-28-22)27(33)37-17(2)24(21)38-26(32)18-9-7-6-8-10-18/h6-11,13,17,19,21,24,30H,4-5,12,14-16H2,1-3H3,(H,29,31)/t17-,19-,21-,24-/m0/s1. The Morgan fingerprint density at radius 2 is 1.97 bits per heavy atom. The number of ether oxygens (including phenoxy) is 5. The van der Waals surface area contributed by atoms with E-state index in [1.807, 2.05) is 6.92 Å². The van der Waals surface area contributed by atoms with Crippen molar-refractivity contribution >= 4 is 17.8 Å². The van der Waals surface area contributed by atoms with E-state index in [0.717, 1.165) is 12.8 Å². The molecule has 0 unspecified atom stereocenters. The molecular formula is C27H34N2O9. The lowest BCUT2D eigenvalue weighted by molar-refractivity contribution is -0.168. The van der Waals surface area contributed by atoms with E-state index in [0.29, 0.717) is 18.6 Å². The average molecular weight is 531 g/mol. The lowest BCUT2D eigenvalue weighted by Crippen LogP contribution is -2.50. The molecule has 2 aromatic rings. The number of aromatic nitrogens is 1. The largest absolute Gasteiger partial charge is 0.503 e. The molecule has 0 radical (unpaired) electrons. The molecule has 1 aliphatic rings. The van der Waals surface area contributed by atoms with Gasteiger partial charge in [-0.1, -0.05) is 31.5 Å². The molecule has 11 nitrogen and oxygen atoms in total. The second kappa shape index (κ2) is 14.3. The minimum Gasteiger partial charge on any atom is -0.503 e. The number of carbonyl (C=O) groups is 3. The van der Waals surface area contributed by atoms with E-state index in [4.69, 9.17) is 23.7 Å². The third kappa shape index (κ3) is 7.65. The normalized spacial score (nSPS) is 22.1. The number of carbonyl (C=O) groups excluding carboxylic acids is 3. The van der Waals surface area contributed by atoms with Gasteiger partial charge in [0.05, 0.1) is 19.3 Å². The molecule has 1 aliphatic heterocycles. The van der Waals surface area contributed by atoms with Crippen molar-refractivity contribution in [3.05, 3.63) is 53.9 Å². The SMILES string of the molecule is CCCCO[C@H]1CCOC[C@H](NC(=O)c2nccc(OC)c2O)C(=O)O[C@@H](C)[C@@H]1OC(=O)c1ccccc1. The Bertz CT molecular complexity index is 1080. The fraction of sp³-hybridized carbons (Fsp3) is 0.481. The van der Waals surface area contributed by atoms with Gasteiger partial charge in [0.15, 0.2) is 29.3 Å². The molecule has 1 aromatic carbocycles. The number of aromatic hydroxyl groups is 1. The Kier molecular flexibility index (Phi) is 10.9. The number of nitrogens with zero attached hydrogens (tertiary/aromatic N) is 1. The lowest BCUT2D eigenvalue weighted by atomic mass is 10.0. The number of unbranched alkanes of at least 4 members (excludes halogenated alkanes) is 1. The summed E-state index contributed by atoms with van der Waals surface area (Å²) in [6, 6.07) is 8.67. The van der Waals surface area contributed by atoms with Crippen LogP contribution in [0.15, 0.2) is 42.6 Å². The number of esters is 2. The highest BCUT2D eigenvalue weighted by Crippen LogP contribution is 2.27. The van der Waals surface area contributed by atoms with E-state index in [-0.39, 0.29) is 24.7 Å². The number of hydrogen-bond donors (Lipinski definition) is 2. The second-order valence-electron chi connectivity index (χ2n) is 8.74. The van der Waals surface area contributed by atoms with Gasteiger partial charge in [-0.25, -0.2) is 14.6 Å². The van der Waals surface area contributed by atoms with Crippen LogP contribution in [0.1, 0.15) is 54.0 Å². The lowest BCUT2D eigenvalue weighted by Gasteiger charge is -2.33. The first-order valence-corrected chi connectivity index (χ1v) is 12.5. The molecule has 4 atom stereocenters. The Balaban J connectivity index is 1.78. The van der Waals surface area contributed by atoms with E-state index in [2.05, 4.69) is 10.3 Å². The maximum atomic E-state index is 13.1. The van der Waals surface area contributed by atoms with Gasteiger partial charge in [0.1, 0.15) is 12.2 Å². The van der Waals surface area contributed by atoms with Gasteiger partial charge in [0, 0.05) is 31.9 Å². The molecule has 0 bridgehead atoms. The van der Waals surface area contributed by atoms with Crippen LogP contribution in [0, 0.1) is 0 Å². The molecular weight excluding hydrogens is 496 g/mol. The number of benzene rings is 1. The van der Waals surface area contributed by atoms with Gasteiger partial charge in [-0.05, 0) is 25.5 Å². The highest BCUT2D eigenvalue weighted by molar-refractivity contribution is 5.98. The maximum Gasteiger partial charge on any atom is 0.338 e. The van der Waals surface area contributed by atoms with Crippen LogP contribution >= 0.6 is 0 Å². The van der Waals surface area contributed by atoms with E-state index < -0.39 is 47.9 Å². The monoisotopic (exact) mass is 530 g/mol. The Labute approximate surface area is 221 Å². The van der Waals surface area contributed by atoms with Gasteiger partial charge in [-0.15, -0.1) is 0 Å². The van der Waals surface area contributed by atoms with Crippen LogP contribution in [0.5, 0.6) is 11.5 Å². The van der Waals surface area contributed by atoms with Crippen molar-refractivity contribution in [1.82, 2.24) is 10.3 Å². The summed E-state index contributed by atoms with van der Waals surface area (Å²) in [5.74, 6) is -2.60. The topological polar surface area (TPSA) is 143 Å². The molecule has 0 spiro atoms. The number of hydrogen-bond acceptors (Lipinski definition) is 10. The fourth-order valence-electron chi connectivity index (χ4n) is 3.86. The Hall–Kier alpha value is -3.70. The van der Waals surface area contributed by atoms with Crippen molar-refractivity contribution in [2.24, 2.45) is 0 Å². The summed E-state index contributed by atoms with van der Waals surface area (Å²) >= 11 is 0. The quantitative estimate of drug-likeness (QED) is 0.367. The molecule has 1 fully saturated rings. The molecule has 38 heavy (non-hydrogen) atoms. The van der Waals surface area contributed by atoms with Crippen LogP contribution in [0.4, 0.5) is 0 Å². The van der Waals surface area contributed by atoms with Crippen molar-refractivity contribution in [3.8, 4) is 11.5 Å². The summed E-state index contributed by atoms with van der Waals surface area (Å²) in [5.41, 5.74) is 0.0313. The van der Waals surface area contributed by atoms with Gasteiger partial charge in [-0.3, -0.25) is 4.79 Å². The summed E-state index contributed by atoms with van der Waals surface area (Å²) in [6.45, 7) is 4.07. The molecule has 0 aliphatic carbocycles. The van der Waals surface area contributed by atoms with Crippen LogP contribution in [-0.2, 0) is 23.7 Å². The number of pyridine rings is 1. The van der Waals surface area contributed by atoms with Crippen molar-refractivity contribution in [1.29, 1.82) is 0 Å². The zero-order valence-corrected chi connectivity index (χ0v) is 21.8. The molecule has 0 saturated carbocycles. The van der Waals surface area contributed by atoms with Gasteiger partial charge >= 0.3 is 11.9 Å². The molecule has 11 heteroatoms. The van der Waals surface area contributed by atoms with Crippen LogP contribution in [0.3, 0.4) is 0 Å². The van der Waals surface area contributed by atoms with E-state index in [9.17, 15) is 19.5 Å². The predicted octanol–water partition coefficient (Wildman–Crippen LogP) is 2.66. The number of methoxy groups -OCH3 is 1.